The molecule has 0 aliphatic heterocycles. The number of unbranched alkanes of at least 4 members (excludes halogenated alkanes) is 1. The maximum atomic E-state index is 10.1. The molecule has 0 spiro atoms. The van der Waals surface area contributed by atoms with Crippen LogP contribution in [0.2, 0.25) is 0 Å². The van der Waals surface area contributed by atoms with Gasteiger partial charge in [-0.2, -0.15) is 11.8 Å². The molecule has 0 aliphatic carbocycles. The minimum absolute atomic E-state index is 0. The van der Waals surface area contributed by atoms with E-state index in [4.69, 9.17) is 27.4 Å². The molecule has 2 unspecified atom stereocenters. The summed E-state index contributed by atoms with van der Waals surface area (Å²) in [6.07, 6.45) is 4.64. The van der Waals surface area contributed by atoms with Gasteiger partial charge in [-0.15, -0.1) is 0 Å². The summed E-state index contributed by atoms with van der Waals surface area (Å²) in [5.41, 5.74) is 15.6. The van der Waals surface area contributed by atoms with E-state index in [2.05, 4.69) is 0 Å². The Balaban J connectivity index is -0.000000277. The second-order valence-electron chi connectivity index (χ2n) is 3.96. The van der Waals surface area contributed by atoms with E-state index in [1.54, 1.807) is 11.8 Å². The van der Waals surface area contributed by atoms with Crippen molar-refractivity contribution in [2.45, 2.75) is 37.8 Å². The maximum absolute atomic E-state index is 10.1. The number of hydrogen-bond donors (Lipinski definition) is 5. The average molecular weight is 359 g/mol. The van der Waals surface area contributed by atoms with Gasteiger partial charge in [-0.3, -0.25) is 9.59 Å². The van der Waals surface area contributed by atoms with Gasteiger partial charge in [-0.05, 0) is 37.8 Å². The van der Waals surface area contributed by atoms with Crippen LogP contribution in [-0.2, 0) is 26.7 Å². The van der Waals surface area contributed by atoms with Crippen molar-refractivity contribution in [3.8, 4) is 0 Å². The number of rotatable bonds is 9. The molecule has 2 atom stereocenters. The zero-order chi connectivity index (χ0) is 15.3. The monoisotopic (exact) mass is 358 g/mol. The molecule has 0 bridgehead atoms. The van der Waals surface area contributed by atoms with Gasteiger partial charge in [0.25, 0.3) is 0 Å². The van der Waals surface area contributed by atoms with Crippen molar-refractivity contribution >= 4 is 23.7 Å². The first-order valence-electron chi connectivity index (χ1n) is 6.02. The van der Waals surface area contributed by atoms with Crippen LogP contribution in [0.1, 0.15) is 25.7 Å². The van der Waals surface area contributed by atoms with Gasteiger partial charge in [0.15, 0.2) is 0 Å². The molecule has 1 radical (unpaired) electrons. The van der Waals surface area contributed by atoms with Crippen LogP contribution < -0.4 is 17.2 Å². The summed E-state index contributed by atoms with van der Waals surface area (Å²) in [6.45, 7) is 0.604. The Labute approximate surface area is 134 Å². The van der Waals surface area contributed by atoms with Gasteiger partial charge < -0.3 is 27.4 Å². The first kappa shape index (κ1) is 24.7. The Morgan fingerprint density at radius 3 is 1.85 bits per heavy atom. The van der Waals surface area contributed by atoms with E-state index < -0.39 is 24.0 Å². The third-order valence-electron chi connectivity index (χ3n) is 2.24. The van der Waals surface area contributed by atoms with Gasteiger partial charge >= 0.3 is 11.9 Å². The van der Waals surface area contributed by atoms with E-state index in [0.717, 1.165) is 18.6 Å². The maximum Gasteiger partial charge on any atom is 0.320 e. The number of aliphatic carboxylic acids is 2. The predicted molar refractivity (Wildman–Crippen MR) is 77.1 cm³/mol. The second kappa shape index (κ2) is 16.7. The smallest absolute Gasteiger partial charge is 0.320 e. The Kier molecular flexibility index (Phi) is 20.7. The molecule has 0 rings (SSSR count). The van der Waals surface area contributed by atoms with Crippen LogP contribution in [0, 0.1) is 0 Å². The van der Waals surface area contributed by atoms with Gasteiger partial charge in [-0.25, -0.2) is 0 Å². The quantitative estimate of drug-likeness (QED) is 0.277. The molecule has 0 aromatic carbocycles. The van der Waals surface area contributed by atoms with Crippen LogP contribution in [0.5, 0.6) is 0 Å². The summed E-state index contributed by atoms with van der Waals surface area (Å²) in [6, 6.07) is -1.40. The number of hydrogen-bond acceptors (Lipinski definition) is 6. The van der Waals surface area contributed by atoms with E-state index in [1.807, 2.05) is 6.26 Å². The van der Waals surface area contributed by atoms with Crippen LogP contribution in [0.4, 0.5) is 0 Å². The number of nitrogens with two attached hydrogens (primary N) is 3. The van der Waals surface area contributed by atoms with E-state index in [0.29, 0.717) is 19.4 Å². The van der Waals surface area contributed by atoms with Crippen LogP contribution in [0.3, 0.4) is 0 Å². The first-order chi connectivity index (χ1) is 8.86. The minimum atomic E-state index is -0.933. The van der Waals surface area contributed by atoms with Crippen LogP contribution in [-0.4, -0.2) is 52.8 Å². The number of carbonyl (C=O) groups is 2. The molecule has 0 aliphatic rings. The SMILES string of the molecule is CSCCC(N)C(=O)O.NCCCCC(N)C(=O)O.[Cu]. The van der Waals surface area contributed by atoms with Crippen molar-refractivity contribution in [1.82, 2.24) is 0 Å². The zero-order valence-electron chi connectivity index (χ0n) is 11.6. The van der Waals surface area contributed by atoms with Crippen molar-refractivity contribution < 1.29 is 36.9 Å². The molecule has 0 aromatic rings. The molecule has 0 heterocycles. The van der Waals surface area contributed by atoms with Crippen molar-refractivity contribution in [1.29, 1.82) is 0 Å². The van der Waals surface area contributed by atoms with E-state index >= 15 is 0 Å². The van der Waals surface area contributed by atoms with Crippen molar-refractivity contribution in [3.63, 3.8) is 0 Å². The van der Waals surface area contributed by atoms with Crippen molar-refractivity contribution in [2.24, 2.45) is 17.2 Å². The van der Waals surface area contributed by atoms with E-state index in [-0.39, 0.29) is 17.1 Å². The first-order valence-corrected chi connectivity index (χ1v) is 7.41. The summed E-state index contributed by atoms with van der Waals surface area (Å²) in [5, 5.41) is 16.6. The van der Waals surface area contributed by atoms with Gasteiger partial charge in [-0.1, -0.05) is 6.42 Å². The van der Waals surface area contributed by atoms with Crippen LogP contribution in [0.25, 0.3) is 0 Å². The molecule has 0 saturated carbocycles. The third-order valence-corrected chi connectivity index (χ3v) is 2.88. The summed E-state index contributed by atoms with van der Waals surface area (Å²) < 4.78 is 0. The largest absolute Gasteiger partial charge is 0.480 e. The molecule has 20 heavy (non-hydrogen) atoms. The normalized spacial score (nSPS) is 12.4. The molecule has 125 valence electrons. The number of thioether (sulfide) groups is 1. The molecule has 7 nitrogen and oxygen atoms in total. The van der Waals surface area contributed by atoms with Crippen LogP contribution in [0.15, 0.2) is 0 Å². The summed E-state index contributed by atoms with van der Waals surface area (Å²) in [5.74, 6) is -1.03. The summed E-state index contributed by atoms with van der Waals surface area (Å²) in [7, 11) is 0. The number of carboxylic acid groups (broad SMARTS) is 2. The summed E-state index contributed by atoms with van der Waals surface area (Å²) in [4.78, 5) is 20.2. The Morgan fingerprint density at radius 2 is 1.50 bits per heavy atom. The van der Waals surface area contributed by atoms with Gasteiger partial charge in [0.2, 0.25) is 0 Å². The third kappa shape index (κ3) is 17.7. The van der Waals surface area contributed by atoms with Gasteiger partial charge in [0.1, 0.15) is 12.1 Å². The fourth-order valence-corrected chi connectivity index (χ4v) is 1.49. The van der Waals surface area contributed by atoms with Crippen molar-refractivity contribution in [2.75, 3.05) is 18.6 Å². The topological polar surface area (TPSA) is 153 Å². The standard InChI is InChI=1S/C6H14N2O2.C5H11NO2S.Cu/c7-4-2-1-3-5(8)6(9)10;1-9-3-2-4(6)5(7)8;/h5H,1-4,7-8H2,(H,9,10);4H,2-3,6H2,1H3,(H,7,8);. The molecule has 8 N–H and O–H groups in total. The fraction of sp³-hybridized carbons (Fsp3) is 0.818. The van der Waals surface area contributed by atoms with E-state index in [1.165, 1.54) is 0 Å². The zero-order valence-corrected chi connectivity index (χ0v) is 13.3. The van der Waals surface area contributed by atoms with Gasteiger partial charge in [0.05, 0.1) is 0 Å². The molecule has 0 amide bonds. The van der Waals surface area contributed by atoms with Crippen LogP contribution >= 0.6 is 11.8 Å². The molecule has 0 fully saturated rings. The average Bonchev–Trinajstić information content (AvgIpc) is 2.36. The predicted octanol–water partition coefficient (Wildman–Crippen LogP) is -0.324. The Hall–Kier alpha value is -0.311. The van der Waals surface area contributed by atoms with Gasteiger partial charge in [0, 0.05) is 17.1 Å². The fourth-order valence-electron chi connectivity index (χ4n) is 1.00. The molecule has 9 heteroatoms. The Bertz CT molecular complexity index is 260. The number of carboxylic acids is 2. The summed E-state index contributed by atoms with van der Waals surface area (Å²) >= 11 is 1.60. The Morgan fingerprint density at radius 1 is 1.05 bits per heavy atom. The molecule has 0 saturated heterocycles. The van der Waals surface area contributed by atoms with E-state index in [9.17, 15) is 9.59 Å². The molecular weight excluding hydrogens is 334 g/mol. The second-order valence-corrected chi connectivity index (χ2v) is 4.94. The minimum Gasteiger partial charge on any atom is -0.480 e. The van der Waals surface area contributed by atoms with Crippen molar-refractivity contribution in [3.05, 3.63) is 0 Å². The molecular formula is C11H25CuN3O4S. The molecule has 0 aromatic heterocycles.